The van der Waals surface area contributed by atoms with E-state index in [1.165, 1.54) is 6.92 Å². The second kappa shape index (κ2) is 8.71. The number of hydrogen-bond donors (Lipinski definition) is 2. The summed E-state index contributed by atoms with van der Waals surface area (Å²) in [5.74, 6) is -0.437. The third-order valence-electron chi connectivity index (χ3n) is 4.24. The minimum Gasteiger partial charge on any atom is -0.349 e. The van der Waals surface area contributed by atoms with E-state index in [4.69, 9.17) is 11.6 Å². The normalized spacial score (nSPS) is 11.7. The summed E-state index contributed by atoms with van der Waals surface area (Å²) in [4.78, 5) is 24.4. The average molecular weight is 397 g/mol. The van der Waals surface area contributed by atoms with Crippen molar-refractivity contribution >= 4 is 29.1 Å². The standard InChI is InChI=1S/C21H21ClN4O2/c1-14-7-9-16(10-8-14)19(24-15(2)27)13-20(28)25-18-6-3-5-17(22)21(18)26-12-4-11-23-26/h3-12,19H,13H2,1-2H3,(H,24,27)(H,25,28). The lowest BCUT2D eigenvalue weighted by molar-refractivity contribution is -0.120. The van der Waals surface area contributed by atoms with Crippen molar-refractivity contribution in [2.45, 2.75) is 26.3 Å². The molecule has 0 bridgehead atoms. The number of nitrogens with zero attached hydrogens (tertiary/aromatic N) is 2. The van der Waals surface area contributed by atoms with Gasteiger partial charge in [-0.25, -0.2) is 4.68 Å². The summed E-state index contributed by atoms with van der Waals surface area (Å²) in [6.07, 6.45) is 3.48. The van der Waals surface area contributed by atoms with E-state index in [1.807, 2.05) is 31.2 Å². The maximum absolute atomic E-state index is 12.7. The van der Waals surface area contributed by atoms with Crippen LogP contribution in [0.5, 0.6) is 0 Å². The van der Waals surface area contributed by atoms with E-state index in [1.54, 1.807) is 41.3 Å². The first-order valence-electron chi connectivity index (χ1n) is 8.86. The number of hydrogen-bond acceptors (Lipinski definition) is 3. The molecule has 0 fully saturated rings. The number of carbonyl (C=O) groups is 2. The van der Waals surface area contributed by atoms with Crippen LogP contribution in [0, 0.1) is 6.92 Å². The number of halogens is 1. The predicted molar refractivity (Wildman–Crippen MR) is 110 cm³/mol. The SMILES string of the molecule is CC(=O)NC(CC(=O)Nc1cccc(Cl)c1-n1cccn1)c1ccc(C)cc1. The summed E-state index contributed by atoms with van der Waals surface area (Å²) < 4.78 is 1.60. The highest BCUT2D eigenvalue weighted by atomic mass is 35.5. The van der Waals surface area contributed by atoms with Crippen LogP contribution in [0.15, 0.2) is 60.9 Å². The van der Waals surface area contributed by atoms with Crippen LogP contribution in [-0.2, 0) is 9.59 Å². The molecule has 3 aromatic rings. The van der Waals surface area contributed by atoms with Gasteiger partial charge in [0.2, 0.25) is 11.8 Å². The number of nitrogens with one attached hydrogen (secondary N) is 2. The van der Waals surface area contributed by atoms with Crippen LogP contribution in [0.1, 0.15) is 30.5 Å². The van der Waals surface area contributed by atoms with E-state index >= 15 is 0 Å². The van der Waals surface area contributed by atoms with Crippen molar-refractivity contribution in [3.05, 3.63) is 77.1 Å². The molecule has 0 aliphatic carbocycles. The van der Waals surface area contributed by atoms with Gasteiger partial charge in [-0.2, -0.15) is 5.10 Å². The van der Waals surface area contributed by atoms with Crippen molar-refractivity contribution in [2.24, 2.45) is 0 Å². The molecular weight excluding hydrogens is 376 g/mol. The molecule has 2 aromatic carbocycles. The van der Waals surface area contributed by atoms with E-state index in [0.29, 0.717) is 16.4 Å². The smallest absolute Gasteiger partial charge is 0.226 e. The molecule has 3 rings (SSSR count). The van der Waals surface area contributed by atoms with Gasteiger partial charge in [-0.05, 0) is 30.7 Å². The molecule has 7 heteroatoms. The highest BCUT2D eigenvalue weighted by Gasteiger charge is 2.19. The first-order valence-corrected chi connectivity index (χ1v) is 9.24. The Labute approximate surface area is 168 Å². The molecule has 6 nitrogen and oxygen atoms in total. The fourth-order valence-corrected chi connectivity index (χ4v) is 3.19. The summed E-state index contributed by atoms with van der Waals surface area (Å²) >= 11 is 6.32. The largest absolute Gasteiger partial charge is 0.349 e. The monoisotopic (exact) mass is 396 g/mol. The van der Waals surface area contributed by atoms with Crippen LogP contribution in [0.2, 0.25) is 5.02 Å². The highest BCUT2D eigenvalue weighted by Crippen LogP contribution is 2.28. The minimum atomic E-state index is -0.426. The predicted octanol–water partition coefficient (Wildman–Crippen LogP) is 4.04. The van der Waals surface area contributed by atoms with Crippen LogP contribution >= 0.6 is 11.6 Å². The van der Waals surface area contributed by atoms with Crippen molar-refractivity contribution in [2.75, 3.05) is 5.32 Å². The third kappa shape index (κ3) is 4.78. The van der Waals surface area contributed by atoms with E-state index in [9.17, 15) is 9.59 Å². The van der Waals surface area contributed by atoms with Gasteiger partial charge < -0.3 is 10.6 Å². The number of para-hydroxylation sites is 1. The van der Waals surface area contributed by atoms with Crippen LogP contribution in [0.25, 0.3) is 5.69 Å². The van der Waals surface area contributed by atoms with Crippen molar-refractivity contribution in [1.82, 2.24) is 15.1 Å². The number of amides is 2. The lowest BCUT2D eigenvalue weighted by atomic mass is 10.0. The van der Waals surface area contributed by atoms with Crippen LogP contribution in [0.3, 0.4) is 0 Å². The zero-order chi connectivity index (χ0) is 20.1. The Bertz CT molecular complexity index is 969. The maximum Gasteiger partial charge on any atom is 0.226 e. The first kappa shape index (κ1) is 19.6. The summed E-state index contributed by atoms with van der Waals surface area (Å²) in [7, 11) is 0. The molecule has 0 radical (unpaired) electrons. The molecule has 0 saturated heterocycles. The van der Waals surface area contributed by atoms with Gasteiger partial charge in [-0.3, -0.25) is 9.59 Å². The molecule has 1 heterocycles. The minimum absolute atomic E-state index is 0.0910. The zero-order valence-electron chi connectivity index (χ0n) is 15.6. The molecule has 1 atom stereocenters. The Morgan fingerprint density at radius 2 is 1.89 bits per heavy atom. The van der Waals surface area contributed by atoms with Crippen molar-refractivity contribution in [3.8, 4) is 5.69 Å². The van der Waals surface area contributed by atoms with Gasteiger partial charge in [0.25, 0.3) is 0 Å². The summed E-state index contributed by atoms with van der Waals surface area (Å²) in [5.41, 5.74) is 3.12. The molecule has 144 valence electrons. The summed E-state index contributed by atoms with van der Waals surface area (Å²) in [5, 5.41) is 10.4. The average Bonchev–Trinajstić information content (AvgIpc) is 3.15. The molecule has 1 unspecified atom stereocenters. The third-order valence-corrected chi connectivity index (χ3v) is 4.55. The van der Waals surface area contributed by atoms with Crippen molar-refractivity contribution in [1.29, 1.82) is 0 Å². The van der Waals surface area contributed by atoms with Gasteiger partial charge >= 0.3 is 0 Å². The second-order valence-electron chi connectivity index (χ2n) is 6.50. The van der Waals surface area contributed by atoms with E-state index < -0.39 is 6.04 Å². The Morgan fingerprint density at radius 1 is 1.14 bits per heavy atom. The number of anilines is 1. The maximum atomic E-state index is 12.7. The fourth-order valence-electron chi connectivity index (χ4n) is 2.93. The number of benzene rings is 2. The van der Waals surface area contributed by atoms with Gasteiger partial charge in [0.1, 0.15) is 5.69 Å². The number of aromatic nitrogens is 2. The molecule has 0 aliphatic rings. The molecule has 28 heavy (non-hydrogen) atoms. The number of aryl methyl sites for hydroxylation is 1. The number of rotatable bonds is 6. The summed E-state index contributed by atoms with van der Waals surface area (Å²) in [6, 6.07) is 14.3. The lowest BCUT2D eigenvalue weighted by Crippen LogP contribution is -2.30. The second-order valence-corrected chi connectivity index (χ2v) is 6.91. The summed E-state index contributed by atoms with van der Waals surface area (Å²) in [6.45, 7) is 3.42. The Kier molecular flexibility index (Phi) is 6.11. The molecule has 1 aromatic heterocycles. The molecule has 0 saturated carbocycles. The van der Waals surface area contributed by atoms with Gasteiger partial charge in [-0.1, -0.05) is 47.5 Å². The fraction of sp³-hybridized carbons (Fsp3) is 0.190. The van der Waals surface area contributed by atoms with E-state index in [-0.39, 0.29) is 18.2 Å². The topological polar surface area (TPSA) is 76.0 Å². The Morgan fingerprint density at radius 3 is 2.54 bits per heavy atom. The number of carbonyl (C=O) groups excluding carboxylic acids is 2. The molecule has 2 N–H and O–H groups in total. The van der Waals surface area contributed by atoms with Crippen LogP contribution in [-0.4, -0.2) is 21.6 Å². The van der Waals surface area contributed by atoms with Crippen LogP contribution < -0.4 is 10.6 Å². The van der Waals surface area contributed by atoms with Gasteiger partial charge in [0.05, 0.1) is 23.2 Å². The van der Waals surface area contributed by atoms with Crippen LogP contribution in [0.4, 0.5) is 5.69 Å². The molecular formula is C21H21ClN4O2. The molecule has 2 amide bonds. The Hall–Kier alpha value is -3.12. The Balaban J connectivity index is 1.81. The van der Waals surface area contributed by atoms with Gasteiger partial charge in [0, 0.05) is 19.3 Å². The highest BCUT2D eigenvalue weighted by molar-refractivity contribution is 6.33. The van der Waals surface area contributed by atoms with Gasteiger partial charge in [-0.15, -0.1) is 0 Å². The first-order chi connectivity index (χ1) is 13.4. The van der Waals surface area contributed by atoms with Crippen molar-refractivity contribution < 1.29 is 9.59 Å². The molecule has 0 aliphatic heterocycles. The van der Waals surface area contributed by atoms with Crippen molar-refractivity contribution in [3.63, 3.8) is 0 Å². The van der Waals surface area contributed by atoms with E-state index in [0.717, 1.165) is 11.1 Å². The van der Waals surface area contributed by atoms with Gasteiger partial charge in [0.15, 0.2) is 0 Å². The lowest BCUT2D eigenvalue weighted by Gasteiger charge is -2.19. The zero-order valence-corrected chi connectivity index (χ0v) is 16.4. The molecule has 0 spiro atoms. The quantitative estimate of drug-likeness (QED) is 0.660. The van der Waals surface area contributed by atoms with E-state index in [2.05, 4.69) is 15.7 Å².